The summed E-state index contributed by atoms with van der Waals surface area (Å²) < 4.78 is 4.82. The summed E-state index contributed by atoms with van der Waals surface area (Å²) in [6.07, 6.45) is 2.38. The van der Waals surface area contributed by atoms with Gasteiger partial charge in [-0.3, -0.25) is 0 Å². The molecule has 0 radical (unpaired) electrons. The molecule has 0 N–H and O–H groups in total. The van der Waals surface area contributed by atoms with Crippen molar-refractivity contribution in [1.29, 1.82) is 0 Å². The normalized spacial score (nSPS) is 20.0. The van der Waals surface area contributed by atoms with Crippen LogP contribution >= 0.6 is 0 Å². The average molecular weight is 110 g/mol. The maximum absolute atomic E-state index is 4.82. The zero-order valence-electron chi connectivity index (χ0n) is 4.11. The van der Waals surface area contributed by atoms with Gasteiger partial charge in [0.1, 0.15) is 0 Å². The second kappa shape index (κ2) is 4.75. The van der Waals surface area contributed by atoms with Gasteiger partial charge in [-0.2, -0.15) is 6.42 Å². The van der Waals surface area contributed by atoms with E-state index >= 15 is 0 Å². The van der Waals surface area contributed by atoms with Crippen molar-refractivity contribution in [2.45, 2.75) is 12.8 Å². The molecule has 0 amide bonds. The molecule has 0 aromatic carbocycles. The summed E-state index contributed by atoms with van der Waals surface area (Å²) in [6, 6.07) is 0. The Bertz CT molecular complexity index is 19.1. The van der Waals surface area contributed by atoms with Gasteiger partial charge < -0.3 is 4.74 Å². The zero-order valence-corrected chi connectivity index (χ0v) is 7.23. The molecule has 1 heterocycles. The van der Waals surface area contributed by atoms with E-state index in [0.717, 1.165) is 13.0 Å². The molecule has 1 fully saturated rings. The third-order valence-corrected chi connectivity index (χ3v) is 0.702. The molecule has 1 nitrogen and oxygen atoms in total. The number of ether oxygens (including phenoxy) is 1. The smallest absolute Gasteiger partial charge is 0.552 e. The molecule has 2 heteroatoms. The van der Waals surface area contributed by atoms with E-state index in [2.05, 4.69) is 0 Å². The monoisotopic (exact) mass is 110 g/mol. The van der Waals surface area contributed by atoms with Crippen LogP contribution < -0.4 is 51.4 Å². The Kier molecular flexibility index (Phi) is 6.01. The van der Waals surface area contributed by atoms with Crippen molar-refractivity contribution >= 4 is 0 Å². The van der Waals surface area contributed by atoms with Crippen LogP contribution in [0.2, 0.25) is 0 Å². The van der Waals surface area contributed by atoms with Crippen molar-refractivity contribution in [3.05, 3.63) is 6.61 Å². The number of rotatable bonds is 0. The fourth-order valence-corrected chi connectivity index (χ4v) is 0.417. The molecule has 0 atom stereocenters. The molecule has 0 aliphatic carbocycles. The third-order valence-electron chi connectivity index (χ3n) is 0.702. The number of hydrogen-bond acceptors (Lipinski definition) is 1. The fourth-order valence-electron chi connectivity index (χ4n) is 0.417. The molecular weight excluding hydrogens is 103 g/mol. The Morgan fingerprint density at radius 2 is 2.33 bits per heavy atom. The van der Waals surface area contributed by atoms with Crippen LogP contribution in [0.5, 0.6) is 0 Å². The summed E-state index contributed by atoms with van der Waals surface area (Å²) in [7, 11) is 0. The molecule has 0 unspecified atom stereocenters. The van der Waals surface area contributed by atoms with Crippen LogP contribution in [0.3, 0.4) is 0 Å². The van der Waals surface area contributed by atoms with Crippen molar-refractivity contribution < 1.29 is 56.1 Å². The first-order valence-corrected chi connectivity index (χ1v) is 1.93. The Balaban J connectivity index is 0.000000250. The molecule has 0 saturated carbocycles. The standard InChI is InChI=1S/C4H7O.K/c1-2-4-5-3-1;/h3H,1-2,4H2;/q-1;+1. The molecule has 0 bridgehead atoms. The van der Waals surface area contributed by atoms with Gasteiger partial charge in [0.2, 0.25) is 0 Å². The average Bonchev–Trinajstić information content (AvgIpc) is 1.76. The summed E-state index contributed by atoms with van der Waals surface area (Å²) in [5.41, 5.74) is 0. The maximum atomic E-state index is 4.82. The topological polar surface area (TPSA) is 9.23 Å². The SMILES string of the molecule is [CH-]1CCCO1.[K+]. The van der Waals surface area contributed by atoms with Gasteiger partial charge >= 0.3 is 51.4 Å². The number of hydrogen-bond donors (Lipinski definition) is 0. The molecule has 1 aliphatic rings. The first-order chi connectivity index (χ1) is 2.50. The van der Waals surface area contributed by atoms with Gasteiger partial charge in [0, 0.05) is 6.61 Å². The van der Waals surface area contributed by atoms with Gasteiger partial charge in [0.05, 0.1) is 0 Å². The minimum Gasteiger partial charge on any atom is -0.552 e. The van der Waals surface area contributed by atoms with E-state index in [1.54, 1.807) is 0 Å². The molecule has 30 valence electrons. The molecule has 1 saturated heterocycles. The van der Waals surface area contributed by atoms with Crippen LogP contribution in [0.25, 0.3) is 0 Å². The van der Waals surface area contributed by atoms with Gasteiger partial charge in [-0.1, -0.05) is 6.42 Å². The second-order valence-electron chi connectivity index (χ2n) is 1.18. The minimum atomic E-state index is 0. The van der Waals surface area contributed by atoms with Crippen LogP contribution in [0, 0.1) is 6.61 Å². The van der Waals surface area contributed by atoms with Gasteiger partial charge in [-0.05, 0) is 0 Å². The molecule has 6 heavy (non-hydrogen) atoms. The minimum absolute atomic E-state index is 0. The summed E-state index contributed by atoms with van der Waals surface area (Å²) in [4.78, 5) is 0. The van der Waals surface area contributed by atoms with Gasteiger partial charge in [0.25, 0.3) is 0 Å². The summed E-state index contributed by atoms with van der Waals surface area (Å²) in [5.74, 6) is 0. The van der Waals surface area contributed by atoms with Crippen molar-refractivity contribution in [2.75, 3.05) is 6.61 Å². The quantitative estimate of drug-likeness (QED) is 0.258. The first-order valence-electron chi connectivity index (χ1n) is 1.93. The van der Waals surface area contributed by atoms with Crippen LogP contribution in [0.1, 0.15) is 12.8 Å². The second-order valence-corrected chi connectivity index (χ2v) is 1.18. The van der Waals surface area contributed by atoms with E-state index < -0.39 is 0 Å². The Labute approximate surface area is 80.9 Å². The molecule has 1 rings (SSSR count). The van der Waals surface area contributed by atoms with E-state index in [1.807, 2.05) is 6.61 Å². The zero-order chi connectivity index (χ0) is 3.54. The van der Waals surface area contributed by atoms with Gasteiger partial charge in [0.15, 0.2) is 0 Å². The van der Waals surface area contributed by atoms with E-state index in [9.17, 15) is 0 Å². The van der Waals surface area contributed by atoms with Crippen molar-refractivity contribution in [3.63, 3.8) is 0 Å². The predicted octanol–water partition coefficient (Wildman–Crippen LogP) is -2.04. The van der Waals surface area contributed by atoms with Crippen LogP contribution in [0.15, 0.2) is 0 Å². The first kappa shape index (κ1) is 7.60. The van der Waals surface area contributed by atoms with E-state index in [0.29, 0.717) is 0 Å². The maximum Gasteiger partial charge on any atom is 1.00 e. The summed E-state index contributed by atoms with van der Waals surface area (Å²) in [6.45, 7) is 2.81. The largest absolute Gasteiger partial charge is 1.00 e. The molecule has 0 spiro atoms. The van der Waals surface area contributed by atoms with E-state index in [-0.39, 0.29) is 51.4 Å². The molecular formula is C4H7KO. The van der Waals surface area contributed by atoms with Gasteiger partial charge in [-0.15, -0.1) is 0 Å². The fraction of sp³-hybridized carbons (Fsp3) is 0.750. The van der Waals surface area contributed by atoms with Crippen LogP contribution in [0.4, 0.5) is 0 Å². The summed E-state index contributed by atoms with van der Waals surface area (Å²) in [5, 5.41) is 0. The molecule has 0 aromatic rings. The third kappa shape index (κ3) is 2.72. The Morgan fingerprint density at radius 3 is 2.50 bits per heavy atom. The van der Waals surface area contributed by atoms with E-state index in [1.165, 1.54) is 6.42 Å². The summed E-state index contributed by atoms with van der Waals surface area (Å²) >= 11 is 0. The van der Waals surface area contributed by atoms with Crippen LogP contribution in [-0.2, 0) is 4.74 Å². The van der Waals surface area contributed by atoms with Crippen molar-refractivity contribution in [3.8, 4) is 0 Å². The van der Waals surface area contributed by atoms with E-state index in [4.69, 9.17) is 4.74 Å². The van der Waals surface area contributed by atoms with Crippen molar-refractivity contribution in [2.24, 2.45) is 0 Å². The van der Waals surface area contributed by atoms with Crippen molar-refractivity contribution in [1.82, 2.24) is 0 Å². The molecule has 1 aliphatic heterocycles. The Hall–Kier alpha value is 1.60. The predicted molar refractivity (Wildman–Crippen MR) is 19.5 cm³/mol. The Morgan fingerprint density at radius 1 is 1.50 bits per heavy atom. The van der Waals surface area contributed by atoms with Gasteiger partial charge in [-0.25, -0.2) is 6.61 Å². The molecule has 0 aromatic heterocycles. The van der Waals surface area contributed by atoms with Crippen LogP contribution in [-0.4, -0.2) is 6.61 Å².